The maximum Gasteiger partial charge on any atom is 0.137 e. The molecule has 0 aliphatic carbocycles. The summed E-state index contributed by atoms with van der Waals surface area (Å²) < 4.78 is 18.9. The van der Waals surface area contributed by atoms with E-state index in [1.165, 1.54) is 0 Å². The first kappa shape index (κ1) is 8.81. The summed E-state index contributed by atoms with van der Waals surface area (Å²) in [4.78, 5) is 0. The fourth-order valence-electron chi connectivity index (χ4n) is 1.37. The summed E-state index contributed by atoms with van der Waals surface area (Å²) in [6.45, 7) is 8.53. The molecule has 2 heterocycles. The van der Waals surface area contributed by atoms with E-state index in [1.807, 2.05) is 20.8 Å². The van der Waals surface area contributed by atoms with Gasteiger partial charge in [0, 0.05) is 11.4 Å². The van der Waals surface area contributed by atoms with Crippen LogP contribution in [0.1, 0.15) is 20.8 Å². The lowest BCUT2D eigenvalue weighted by Crippen LogP contribution is -2.46. The third-order valence-electron chi connectivity index (χ3n) is 2.33. The molecule has 2 saturated heterocycles. The Kier molecular flexibility index (Phi) is 1.75. The summed E-state index contributed by atoms with van der Waals surface area (Å²) in [6, 6.07) is 0. The van der Waals surface area contributed by atoms with Gasteiger partial charge in [-0.3, -0.25) is 0 Å². The van der Waals surface area contributed by atoms with E-state index in [-0.39, 0.29) is 10.3 Å². The Bertz CT molecular complexity index is 198. The second-order valence-electron chi connectivity index (χ2n) is 4.62. The third kappa shape index (κ3) is 1.18. The fourth-order valence-corrected chi connectivity index (χ4v) is 2.85. The van der Waals surface area contributed by atoms with Crippen molar-refractivity contribution in [3.05, 3.63) is 0 Å². The van der Waals surface area contributed by atoms with Crippen molar-refractivity contribution < 1.29 is 9.29 Å². The van der Waals surface area contributed by atoms with Crippen LogP contribution < -0.4 is 0 Å². The Morgan fingerprint density at radius 2 is 2.00 bits per heavy atom. The van der Waals surface area contributed by atoms with Crippen molar-refractivity contribution in [1.82, 2.24) is 4.31 Å². The van der Waals surface area contributed by atoms with Gasteiger partial charge in [0.25, 0.3) is 0 Å². The number of nitrogens with zero attached hydrogens (tertiary/aromatic N) is 1. The molecule has 4 heteroatoms. The maximum absolute atomic E-state index is 11.8. The quantitative estimate of drug-likeness (QED) is 0.446. The van der Waals surface area contributed by atoms with Crippen LogP contribution in [0.5, 0.6) is 0 Å². The van der Waals surface area contributed by atoms with Crippen molar-refractivity contribution in [1.29, 1.82) is 0 Å². The maximum atomic E-state index is 11.8. The van der Waals surface area contributed by atoms with Crippen molar-refractivity contribution in [3.63, 3.8) is 0 Å². The molecule has 1 spiro atoms. The van der Waals surface area contributed by atoms with Crippen LogP contribution in [0.4, 0.5) is 0 Å². The van der Waals surface area contributed by atoms with Gasteiger partial charge >= 0.3 is 0 Å². The zero-order chi connectivity index (χ0) is 8.98. The molecule has 0 bridgehead atoms. The van der Waals surface area contributed by atoms with Gasteiger partial charge < -0.3 is 9.29 Å². The lowest BCUT2D eigenvalue weighted by Gasteiger charge is -2.30. The number of hydrogen-bond acceptors (Lipinski definition) is 3. The van der Waals surface area contributed by atoms with Crippen LogP contribution in [0.3, 0.4) is 0 Å². The first-order chi connectivity index (χ1) is 5.46. The highest BCUT2D eigenvalue weighted by molar-refractivity contribution is 7.90. The molecule has 70 valence electrons. The van der Waals surface area contributed by atoms with Gasteiger partial charge in [-0.05, 0) is 20.8 Å². The zero-order valence-corrected chi connectivity index (χ0v) is 8.61. The second kappa shape index (κ2) is 2.38. The smallest absolute Gasteiger partial charge is 0.137 e. The highest BCUT2D eigenvalue weighted by Crippen LogP contribution is 2.44. The summed E-state index contributed by atoms with van der Waals surface area (Å²) in [6.07, 6.45) is 0. The Morgan fingerprint density at radius 1 is 1.42 bits per heavy atom. The molecule has 0 N–H and O–H groups in total. The van der Waals surface area contributed by atoms with E-state index in [4.69, 9.17) is 4.74 Å². The summed E-state index contributed by atoms with van der Waals surface area (Å²) in [7, 11) is 0. The van der Waals surface area contributed by atoms with Crippen molar-refractivity contribution >= 4 is 11.4 Å². The van der Waals surface area contributed by atoms with Gasteiger partial charge in [-0.15, -0.1) is 4.31 Å². The van der Waals surface area contributed by atoms with E-state index < -0.39 is 11.4 Å². The molecule has 2 unspecified atom stereocenters. The molecule has 0 aromatic rings. The molecule has 0 saturated carbocycles. The van der Waals surface area contributed by atoms with Crippen LogP contribution in [-0.2, 0) is 16.1 Å². The molecule has 2 aliphatic rings. The molecular weight excluding hydrogens is 174 g/mol. The van der Waals surface area contributed by atoms with Crippen LogP contribution in [0.15, 0.2) is 0 Å². The van der Waals surface area contributed by atoms with Crippen molar-refractivity contribution in [2.45, 2.75) is 31.1 Å². The van der Waals surface area contributed by atoms with Crippen LogP contribution >= 0.6 is 0 Å². The van der Waals surface area contributed by atoms with Crippen molar-refractivity contribution in [2.24, 2.45) is 0 Å². The van der Waals surface area contributed by atoms with Gasteiger partial charge in [0.15, 0.2) is 0 Å². The van der Waals surface area contributed by atoms with E-state index in [2.05, 4.69) is 4.31 Å². The normalized spacial score (nSPS) is 34.5. The highest BCUT2D eigenvalue weighted by Gasteiger charge is 2.66. The number of rotatable bonds is 1. The fraction of sp³-hybridized carbons (Fsp3) is 1.00. The minimum atomic E-state index is -0.843. The largest absolute Gasteiger partial charge is 0.597 e. The predicted molar refractivity (Wildman–Crippen MR) is 48.2 cm³/mol. The number of ether oxygens (including phenoxy) is 1. The molecule has 0 aromatic heterocycles. The Hall–Kier alpha value is 0.230. The minimum Gasteiger partial charge on any atom is -0.597 e. The molecule has 0 amide bonds. The zero-order valence-electron chi connectivity index (χ0n) is 7.79. The molecule has 2 atom stereocenters. The first-order valence-electron chi connectivity index (χ1n) is 4.23. The van der Waals surface area contributed by atoms with Crippen molar-refractivity contribution in [2.75, 3.05) is 19.8 Å². The summed E-state index contributed by atoms with van der Waals surface area (Å²) in [5.74, 6) is 0. The Morgan fingerprint density at radius 3 is 2.25 bits per heavy atom. The Balaban J connectivity index is 1.95. The van der Waals surface area contributed by atoms with E-state index >= 15 is 0 Å². The van der Waals surface area contributed by atoms with Crippen LogP contribution in [0.2, 0.25) is 0 Å². The van der Waals surface area contributed by atoms with E-state index in [1.54, 1.807) is 0 Å². The van der Waals surface area contributed by atoms with Crippen LogP contribution in [0, 0.1) is 0 Å². The van der Waals surface area contributed by atoms with Gasteiger partial charge in [0.1, 0.15) is 10.3 Å². The monoisotopic (exact) mass is 189 g/mol. The van der Waals surface area contributed by atoms with Gasteiger partial charge in [0.2, 0.25) is 0 Å². The second-order valence-corrected chi connectivity index (χ2v) is 6.78. The van der Waals surface area contributed by atoms with Crippen molar-refractivity contribution in [3.8, 4) is 0 Å². The molecule has 3 nitrogen and oxygen atoms in total. The van der Waals surface area contributed by atoms with Gasteiger partial charge in [-0.25, -0.2) is 0 Å². The van der Waals surface area contributed by atoms with Crippen LogP contribution in [-0.4, -0.2) is 38.9 Å². The molecule has 0 radical (unpaired) electrons. The summed E-state index contributed by atoms with van der Waals surface area (Å²) >= 11 is -0.843. The minimum absolute atomic E-state index is 0.126. The third-order valence-corrected chi connectivity index (χ3v) is 4.29. The molecule has 2 fully saturated rings. The van der Waals surface area contributed by atoms with Gasteiger partial charge in [-0.1, -0.05) is 0 Å². The lowest BCUT2D eigenvalue weighted by atomic mass is 10.1. The summed E-state index contributed by atoms with van der Waals surface area (Å²) in [5.41, 5.74) is 0.179. The van der Waals surface area contributed by atoms with Gasteiger partial charge in [0.05, 0.1) is 19.8 Å². The van der Waals surface area contributed by atoms with E-state index in [0.29, 0.717) is 0 Å². The molecular formula is C8H15NO2S. The molecule has 2 aliphatic heterocycles. The van der Waals surface area contributed by atoms with E-state index in [0.717, 1.165) is 19.8 Å². The van der Waals surface area contributed by atoms with Gasteiger partial charge in [-0.2, -0.15) is 0 Å². The standard InChI is InChI=1S/C8H15NO2S/c1-7(2,3)12(10)9-4-8(9)5-11-6-8/h4-6H2,1-3H3. The Labute approximate surface area is 76.4 Å². The molecule has 12 heavy (non-hydrogen) atoms. The topological polar surface area (TPSA) is 35.3 Å². The average molecular weight is 189 g/mol. The first-order valence-corrected chi connectivity index (χ1v) is 5.34. The van der Waals surface area contributed by atoms with Crippen LogP contribution in [0.25, 0.3) is 0 Å². The molecule has 0 aromatic carbocycles. The predicted octanol–water partition coefficient (Wildman–Crippen LogP) is 0.533. The average Bonchev–Trinajstić information content (AvgIpc) is 2.55. The van der Waals surface area contributed by atoms with E-state index in [9.17, 15) is 4.55 Å². The molecule has 2 rings (SSSR count). The SMILES string of the molecule is CC(C)(C)[S+]([O-])N1CC12COC2. The number of hydrogen-bond donors (Lipinski definition) is 0. The summed E-state index contributed by atoms with van der Waals surface area (Å²) in [5, 5.41) is 0. The lowest BCUT2D eigenvalue weighted by molar-refractivity contribution is -0.0187. The highest BCUT2D eigenvalue weighted by atomic mass is 32.2.